The van der Waals surface area contributed by atoms with E-state index in [-0.39, 0.29) is 11.3 Å². The van der Waals surface area contributed by atoms with Crippen LogP contribution in [0.1, 0.15) is 42.9 Å². The smallest absolute Gasteiger partial charge is 0.139 e. The van der Waals surface area contributed by atoms with E-state index in [0.717, 1.165) is 17.6 Å². The van der Waals surface area contributed by atoms with Crippen LogP contribution < -0.4 is 0 Å². The molecule has 0 radical (unpaired) electrons. The molecule has 3 heterocycles. The minimum Gasteiger partial charge on any atom is -0.456 e. The Kier molecular flexibility index (Phi) is 6.90. The maximum atomic E-state index is 6.49. The van der Waals surface area contributed by atoms with E-state index in [2.05, 4.69) is 205 Å². The van der Waals surface area contributed by atoms with Gasteiger partial charge in [-0.2, -0.15) is 0 Å². The van der Waals surface area contributed by atoms with E-state index < -0.39 is 0 Å². The van der Waals surface area contributed by atoms with E-state index in [1.54, 1.807) is 0 Å². The summed E-state index contributed by atoms with van der Waals surface area (Å²) in [6.45, 7) is 4.76. The molecule has 0 amide bonds. The summed E-state index contributed by atoms with van der Waals surface area (Å²) < 4.78 is 11.4. The van der Waals surface area contributed by atoms with E-state index in [1.807, 2.05) is 6.07 Å². The molecule has 0 fully saturated rings. The molecule has 0 saturated heterocycles. The van der Waals surface area contributed by atoms with Gasteiger partial charge in [0.25, 0.3) is 0 Å². The average Bonchev–Trinajstić information content (AvgIpc) is 4.01. The largest absolute Gasteiger partial charge is 0.456 e. The maximum Gasteiger partial charge on any atom is 0.139 e. The summed E-state index contributed by atoms with van der Waals surface area (Å²) >= 11 is 0. The van der Waals surface area contributed by atoms with Crippen LogP contribution in [0.3, 0.4) is 0 Å². The number of rotatable bonds is 4. The quantitative estimate of drug-likeness (QED) is 0.175. The third kappa shape index (κ3) is 4.66. The van der Waals surface area contributed by atoms with Gasteiger partial charge in [-0.15, -0.1) is 0 Å². The van der Waals surface area contributed by atoms with Gasteiger partial charge in [0.15, 0.2) is 0 Å². The summed E-state index contributed by atoms with van der Waals surface area (Å²) in [5.41, 5.74) is 18.2. The predicted molar refractivity (Wildman–Crippen MR) is 251 cm³/mol. The monoisotopic (exact) mass is 768 g/mol. The minimum atomic E-state index is -0.0982. The molecule has 8 aromatic carbocycles. The summed E-state index contributed by atoms with van der Waals surface area (Å²) in [6, 6.07) is 62.5. The number of benzene rings is 8. The SMILES string of the molecule is CC1(C)c2ccccc2-c2cc3c(cc21)c1cc(-c2ccc4c(c2)c2ccccc2n4-c2ccccc2)ccc1n3C1=CCC(c2cccc3c2oc2ccccc23)C=C1. The minimum absolute atomic E-state index is 0.0982. The van der Waals surface area contributed by atoms with E-state index in [9.17, 15) is 0 Å². The van der Waals surface area contributed by atoms with Crippen LogP contribution in [0.5, 0.6) is 0 Å². The van der Waals surface area contributed by atoms with Crippen LogP contribution in [0.25, 0.3) is 99.2 Å². The molecular weight excluding hydrogens is 729 g/mol. The summed E-state index contributed by atoms with van der Waals surface area (Å²) in [6.07, 6.45) is 8.04. The Labute approximate surface area is 347 Å². The molecule has 0 saturated carbocycles. The van der Waals surface area contributed by atoms with E-state index in [4.69, 9.17) is 4.42 Å². The van der Waals surface area contributed by atoms with Crippen LogP contribution in [-0.2, 0) is 5.41 Å². The normalized spacial score (nSPS) is 15.8. The van der Waals surface area contributed by atoms with Crippen LogP contribution >= 0.6 is 0 Å². The Morgan fingerprint density at radius 2 is 1.17 bits per heavy atom. The van der Waals surface area contributed by atoms with Crippen LogP contribution in [0, 0.1) is 0 Å². The molecule has 0 N–H and O–H groups in total. The number of fused-ring (bicyclic) bond motifs is 12. The molecule has 2 aliphatic carbocycles. The van der Waals surface area contributed by atoms with Crippen molar-refractivity contribution in [3.05, 3.63) is 205 Å². The van der Waals surface area contributed by atoms with Gasteiger partial charge >= 0.3 is 0 Å². The molecule has 3 aromatic heterocycles. The van der Waals surface area contributed by atoms with Crippen LogP contribution in [0.2, 0.25) is 0 Å². The van der Waals surface area contributed by atoms with Gasteiger partial charge in [-0.05, 0) is 107 Å². The lowest BCUT2D eigenvalue weighted by Crippen LogP contribution is -2.14. The lowest BCUT2D eigenvalue weighted by molar-refractivity contribution is 0.657. The second kappa shape index (κ2) is 12.3. The first-order valence-electron chi connectivity index (χ1n) is 21.1. The van der Waals surface area contributed by atoms with Crippen molar-refractivity contribution >= 4 is 71.2 Å². The van der Waals surface area contributed by atoms with Crippen molar-refractivity contribution in [1.82, 2.24) is 9.13 Å². The number of nitrogens with zero attached hydrogens (tertiary/aromatic N) is 2. The molecule has 2 aliphatic rings. The predicted octanol–water partition coefficient (Wildman–Crippen LogP) is 15.3. The number of para-hydroxylation sites is 4. The summed E-state index contributed by atoms with van der Waals surface area (Å²) in [4.78, 5) is 0. The lowest BCUT2D eigenvalue weighted by atomic mass is 9.82. The van der Waals surface area contributed by atoms with Crippen molar-refractivity contribution in [2.45, 2.75) is 31.6 Å². The Morgan fingerprint density at radius 3 is 1.98 bits per heavy atom. The first kappa shape index (κ1) is 33.6. The van der Waals surface area contributed by atoms with Crippen LogP contribution in [0.4, 0.5) is 0 Å². The molecule has 0 spiro atoms. The zero-order chi connectivity index (χ0) is 39.7. The molecular formula is C57H40N2O. The van der Waals surface area contributed by atoms with Gasteiger partial charge in [-0.3, -0.25) is 0 Å². The Hall–Kier alpha value is -7.36. The van der Waals surface area contributed by atoms with E-state index in [1.165, 1.54) is 105 Å². The summed E-state index contributed by atoms with van der Waals surface area (Å²) in [5.74, 6) is 0.220. The molecule has 0 aliphatic heterocycles. The van der Waals surface area contributed by atoms with Crippen molar-refractivity contribution < 1.29 is 4.42 Å². The molecule has 1 atom stereocenters. The highest BCUT2D eigenvalue weighted by Crippen LogP contribution is 2.51. The topological polar surface area (TPSA) is 23.0 Å². The second-order valence-electron chi connectivity index (χ2n) is 17.2. The van der Waals surface area contributed by atoms with Gasteiger partial charge in [0, 0.05) is 60.6 Å². The highest BCUT2D eigenvalue weighted by Gasteiger charge is 2.36. The Morgan fingerprint density at radius 1 is 0.500 bits per heavy atom. The number of hydrogen-bond donors (Lipinski definition) is 0. The van der Waals surface area contributed by atoms with Crippen LogP contribution in [0.15, 0.2) is 193 Å². The highest BCUT2D eigenvalue weighted by molar-refractivity contribution is 6.15. The molecule has 60 heavy (non-hydrogen) atoms. The van der Waals surface area contributed by atoms with Gasteiger partial charge in [0.2, 0.25) is 0 Å². The number of furan rings is 1. The zero-order valence-electron chi connectivity index (χ0n) is 33.5. The van der Waals surface area contributed by atoms with E-state index in [0.29, 0.717) is 0 Å². The first-order valence-corrected chi connectivity index (χ1v) is 21.1. The average molecular weight is 769 g/mol. The number of allylic oxidation sites excluding steroid dienone is 4. The van der Waals surface area contributed by atoms with Gasteiger partial charge in [0.05, 0.1) is 22.1 Å². The maximum absolute atomic E-state index is 6.49. The third-order valence-corrected chi connectivity index (χ3v) is 13.7. The highest BCUT2D eigenvalue weighted by atomic mass is 16.3. The fourth-order valence-electron chi connectivity index (χ4n) is 10.7. The van der Waals surface area contributed by atoms with Gasteiger partial charge in [0.1, 0.15) is 11.2 Å². The molecule has 1 unspecified atom stereocenters. The van der Waals surface area contributed by atoms with Gasteiger partial charge < -0.3 is 13.6 Å². The Bertz CT molecular complexity index is 3660. The molecule has 13 rings (SSSR count). The van der Waals surface area contributed by atoms with Crippen molar-refractivity contribution in [2.24, 2.45) is 0 Å². The molecule has 3 nitrogen and oxygen atoms in total. The number of aromatic nitrogens is 2. The lowest BCUT2D eigenvalue weighted by Gasteiger charge is -2.21. The molecule has 0 bridgehead atoms. The van der Waals surface area contributed by atoms with E-state index >= 15 is 0 Å². The molecule has 284 valence electrons. The summed E-state index contributed by atoms with van der Waals surface area (Å²) in [5, 5.41) is 7.44. The molecule has 11 aromatic rings. The van der Waals surface area contributed by atoms with Crippen molar-refractivity contribution in [1.29, 1.82) is 0 Å². The van der Waals surface area contributed by atoms with Crippen molar-refractivity contribution in [3.63, 3.8) is 0 Å². The standard InChI is InChI=1S/C57H40N2O/c1-57(2)49-20-9-6-15-41(49)45-34-54-48(33-50(45)57)47-32-37(36-25-29-52-46(31-36)42-16-7-10-21-51(42)58(52)38-13-4-3-5-14-38)26-30-53(47)59(54)39-27-23-35(24-28-39)40-18-12-19-44-43-17-8-11-22-55(43)60-56(40)44/h3-23,25-35H,24H2,1-2H3. The summed E-state index contributed by atoms with van der Waals surface area (Å²) in [7, 11) is 0. The first-order chi connectivity index (χ1) is 29.5. The molecule has 3 heteroatoms. The van der Waals surface area contributed by atoms with Gasteiger partial charge in [-0.25, -0.2) is 0 Å². The fourth-order valence-corrected chi connectivity index (χ4v) is 10.7. The Balaban J connectivity index is 0.982. The number of hydrogen-bond acceptors (Lipinski definition) is 1. The van der Waals surface area contributed by atoms with Crippen LogP contribution in [-0.4, -0.2) is 9.13 Å². The van der Waals surface area contributed by atoms with Crippen molar-refractivity contribution in [3.8, 4) is 27.9 Å². The third-order valence-electron chi connectivity index (χ3n) is 13.7. The van der Waals surface area contributed by atoms with Crippen molar-refractivity contribution in [2.75, 3.05) is 0 Å². The fraction of sp³-hybridized carbons (Fsp3) is 0.0877. The van der Waals surface area contributed by atoms with Gasteiger partial charge in [-0.1, -0.05) is 135 Å². The zero-order valence-corrected chi connectivity index (χ0v) is 33.5. The second-order valence-corrected chi connectivity index (χ2v) is 17.2.